The minimum Gasteiger partial charge on any atom is -0.494 e. The molecule has 6 nitrogen and oxygen atoms in total. The Kier molecular flexibility index (Phi) is 7.95. The van der Waals surface area contributed by atoms with Gasteiger partial charge in [-0.2, -0.15) is 0 Å². The van der Waals surface area contributed by atoms with E-state index in [4.69, 9.17) is 9.47 Å². The van der Waals surface area contributed by atoms with E-state index in [1.54, 1.807) is 24.3 Å². The largest absolute Gasteiger partial charge is 0.494 e. The number of Topliss-reactive ketones (excluding diaryl/α,β-unsaturated/α-hetero) is 1. The molecule has 0 fully saturated rings. The first-order valence-electron chi connectivity index (χ1n) is 9.63. The monoisotopic (exact) mass is 397 g/mol. The Morgan fingerprint density at radius 3 is 2.34 bits per heavy atom. The normalized spacial score (nSPS) is 11.4. The first-order chi connectivity index (χ1) is 13.8. The molecule has 154 valence electrons. The van der Waals surface area contributed by atoms with Crippen LogP contribution in [0.15, 0.2) is 42.5 Å². The van der Waals surface area contributed by atoms with Crippen molar-refractivity contribution in [2.75, 3.05) is 11.9 Å². The second kappa shape index (κ2) is 10.4. The minimum absolute atomic E-state index is 0.0381. The van der Waals surface area contributed by atoms with E-state index in [2.05, 4.69) is 5.32 Å². The lowest BCUT2D eigenvalue weighted by Gasteiger charge is -2.14. The summed E-state index contributed by atoms with van der Waals surface area (Å²) >= 11 is 0. The van der Waals surface area contributed by atoms with Crippen molar-refractivity contribution in [3.8, 4) is 5.75 Å². The minimum atomic E-state index is -0.968. The second-order valence-corrected chi connectivity index (χ2v) is 6.82. The second-order valence-electron chi connectivity index (χ2n) is 6.82. The molecule has 29 heavy (non-hydrogen) atoms. The van der Waals surface area contributed by atoms with Crippen molar-refractivity contribution in [1.82, 2.24) is 0 Å². The molecule has 0 spiro atoms. The van der Waals surface area contributed by atoms with Gasteiger partial charge in [-0.15, -0.1) is 0 Å². The van der Waals surface area contributed by atoms with E-state index < -0.39 is 18.0 Å². The highest BCUT2D eigenvalue weighted by Gasteiger charge is 2.19. The number of rotatable bonds is 9. The molecule has 0 aliphatic rings. The number of nitrogens with one attached hydrogen (secondary N) is 1. The van der Waals surface area contributed by atoms with E-state index in [0.717, 1.165) is 11.1 Å². The molecule has 0 radical (unpaired) electrons. The molecule has 2 aromatic carbocycles. The van der Waals surface area contributed by atoms with Crippen molar-refractivity contribution in [2.45, 2.75) is 46.6 Å². The zero-order valence-electron chi connectivity index (χ0n) is 17.3. The molecular formula is C23H27NO5. The van der Waals surface area contributed by atoms with Crippen LogP contribution in [-0.4, -0.2) is 30.4 Å². The van der Waals surface area contributed by atoms with Crippen LogP contribution >= 0.6 is 0 Å². The summed E-state index contributed by atoms with van der Waals surface area (Å²) in [5.41, 5.74) is 3.05. The van der Waals surface area contributed by atoms with E-state index in [1.165, 1.54) is 6.92 Å². The number of ether oxygens (including phenoxy) is 2. The molecule has 2 aromatic rings. The topological polar surface area (TPSA) is 81.7 Å². The van der Waals surface area contributed by atoms with Gasteiger partial charge in [-0.25, -0.2) is 0 Å². The fraction of sp³-hybridized carbons (Fsp3) is 0.348. The van der Waals surface area contributed by atoms with Gasteiger partial charge in [-0.3, -0.25) is 14.4 Å². The molecular weight excluding hydrogens is 370 g/mol. The number of carbonyl (C=O) groups excluding carboxylic acids is 3. The van der Waals surface area contributed by atoms with Gasteiger partial charge in [0, 0.05) is 17.7 Å². The summed E-state index contributed by atoms with van der Waals surface area (Å²) in [7, 11) is 0. The Labute approximate surface area is 171 Å². The van der Waals surface area contributed by atoms with Gasteiger partial charge in [0.15, 0.2) is 11.9 Å². The zero-order chi connectivity index (χ0) is 21.4. The number of amides is 1. The quantitative estimate of drug-likeness (QED) is 0.506. The van der Waals surface area contributed by atoms with Gasteiger partial charge in [-0.05, 0) is 63.6 Å². The van der Waals surface area contributed by atoms with Crippen LogP contribution in [0.25, 0.3) is 0 Å². The standard InChI is InChI=1S/C23H27NO5/c1-5-28-19-10-8-18(9-11-19)24-23(27)17(4)29-22(26)13-12-21(25)20-14-15(2)6-7-16(20)3/h6-11,14,17H,5,12-13H2,1-4H3,(H,24,27)/t17-/m0/s1. The van der Waals surface area contributed by atoms with Crippen molar-refractivity contribution in [3.05, 3.63) is 59.2 Å². The number of hydrogen-bond donors (Lipinski definition) is 1. The summed E-state index contributed by atoms with van der Waals surface area (Å²) in [6.07, 6.45) is -1.01. The Bertz CT molecular complexity index is 873. The van der Waals surface area contributed by atoms with Crippen LogP contribution in [0.4, 0.5) is 5.69 Å². The van der Waals surface area contributed by atoms with E-state index >= 15 is 0 Å². The number of aryl methyl sites for hydroxylation is 2. The summed E-state index contributed by atoms with van der Waals surface area (Å²) in [5, 5.41) is 2.68. The molecule has 6 heteroatoms. The lowest BCUT2D eigenvalue weighted by atomic mass is 9.99. The molecule has 0 saturated carbocycles. The molecule has 0 bridgehead atoms. The molecule has 0 aliphatic heterocycles. The predicted molar refractivity (Wildman–Crippen MR) is 111 cm³/mol. The third kappa shape index (κ3) is 6.75. The van der Waals surface area contributed by atoms with Crippen LogP contribution in [0.3, 0.4) is 0 Å². The van der Waals surface area contributed by atoms with Gasteiger partial charge in [0.1, 0.15) is 5.75 Å². The van der Waals surface area contributed by atoms with Gasteiger partial charge in [0.25, 0.3) is 5.91 Å². The fourth-order valence-corrected chi connectivity index (χ4v) is 2.74. The van der Waals surface area contributed by atoms with Gasteiger partial charge in [0.05, 0.1) is 13.0 Å². The molecule has 0 saturated heterocycles. The van der Waals surface area contributed by atoms with Crippen molar-refractivity contribution in [3.63, 3.8) is 0 Å². The van der Waals surface area contributed by atoms with Crippen LogP contribution in [0, 0.1) is 13.8 Å². The van der Waals surface area contributed by atoms with Crippen LogP contribution in [0.2, 0.25) is 0 Å². The highest BCUT2D eigenvalue weighted by atomic mass is 16.5. The van der Waals surface area contributed by atoms with Crippen LogP contribution in [0.5, 0.6) is 5.75 Å². The number of esters is 1. The maximum Gasteiger partial charge on any atom is 0.307 e. The third-order valence-electron chi connectivity index (χ3n) is 4.36. The molecule has 1 atom stereocenters. The first kappa shape index (κ1) is 22.1. The Morgan fingerprint density at radius 2 is 1.69 bits per heavy atom. The average Bonchev–Trinajstić information content (AvgIpc) is 2.69. The number of benzene rings is 2. The van der Waals surface area contributed by atoms with Gasteiger partial charge < -0.3 is 14.8 Å². The summed E-state index contributed by atoms with van der Waals surface area (Å²) < 4.78 is 10.5. The van der Waals surface area contributed by atoms with Crippen LogP contribution in [0.1, 0.15) is 48.2 Å². The maximum absolute atomic E-state index is 12.4. The Balaban J connectivity index is 1.82. The van der Waals surface area contributed by atoms with Gasteiger partial charge in [-0.1, -0.05) is 17.7 Å². The van der Waals surface area contributed by atoms with Crippen molar-refractivity contribution in [1.29, 1.82) is 0 Å². The molecule has 0 unspecified atom stereocenters. The van der Waals surface area contributed by atoms with E-state index in [1.807, 2.05) is 39.0 Å². The molecule has 1 N–H and O–H groups in total. The van der Waals surface area contributed by atoms with E-state index in [-0.39, 0.29) is 18.6 Å². The van der Waals surface area contributed by atoms with Gasteiger partial charge >= 0.3 is 5.97 Å². The van der Waals surface area contributed by atoms with Crippen molar-refractivity contribution < 1.29 is 23.9 Å². The highest BCUT2D eigenvalue weighted by molar-refractivity contribution is 5.99. The summed E-state index contributed by atoms with van der Waals surface area (Å²) in [6.45, 7) is 7.72. The van der Waals surface area contributed by atoms with E-state index in [9.17, 15) is 14.4 Å². The average molecular weight is 397 g/mol. The van der Waals surface area contributed by atoms with Crippen LogP contribution in [-0.2, 0) is 14.3 Å². The number of anilines is 1. The SMILES string of the molecule is CCOc1ccc(NC(=O)[C@H](C)OC(=O)CCC(=O)c2cc(C)ccc2C)cc1. The van der Waals surface area contributed by atoms with Crippen LogP contribution < -0.4 is 10.1 Å². The number of carbonyl (C=O) groups is 3. The highest BCUT2D eigenvalue weighted by Crippen LogP contribution is 2.17. The van der Waals surface area contributed by atoms with E-state index in [0.29, 0.717) is 23.6 Å². The molecule has 0 aromatic heterocycles. The molecule has 0 heterocycles. The Morgan fingerprint density at radius 1 is 1.00 bits per heavy atom. The van der Waals surface area contributed by atoms with Crippen molar-refractivity contribution in [2.24, 2.45) is 0 Å². The molecule has 0 aliphatic carbocycles. The van der Waals surface area contributed by atoms with Gasteiger partial charge in [0.2, 0.25) is 0 Å². The molecule has 2 rings (SSSR count). The fourth-order valence-electron chi connectivity index (χ4n) is 2.74. The first-order valence-corrected chi connectivity index (χ1v) is 9.63. The number of hydrogen-bond acceptors (Lipinski definition) is 5. The summed E-state index contributed by atoms with van der Waals surface area (Å²) in [4.78, 5) is 36.6. The zero-order valence-corrected chi connectivity index (χ0v) is 17.3. The smallest absolute Gasteiger partial charge is 0.307 e. The molecule has 1 amide bonds. The lowest BCUT2D eigenvalue weighted by molar-refractivity contribution is -0.153. The summed E-state index contributed by atoms with van der Waals surface area (Å²) in [6, 6.07) is 12.5. The third-order valence-corrected chi connectivity index (χ3v) is 4.36. The maximum atomic E-state index is 12.4. The Hall–Kier alpha value is -3.15. The lowest BCUT2D eigenvalue weighted by Crippen LogP contribution is -2.30. The number of ketones is 1. The van der Waals surface area contributed by atoms with Crippen molar-refractivity contribution >= 4 is 23.3 Å². The summed E-state index contributed by atoms with van der Waals surface area (Å²) in [5.74, 6) is -0.436. The predicted octanol–water partition coefficient (Wildman–Crippen LogP) is 4.24.